The Labute approximate surface area is 149 Å². The van der Waals surface area contributed by atoms with Crippen LogP contribution in [0.2, 0.25) is 0 Å². The van der Waals surface area contributed by atoms with E-state index in [1.807, 2.05) is 20.0 Å². The van der Waals surface area contributed by atoms with Gasteiger partial charge < -0.3 is 14.5 Å². The minimum absolute atomic E-state index is 0.0327. The molecule has 1 aliphatic heterocycles. The van der Waals surface area contributed by atoms with Crippen LogP contribution in [0, 0.1) is 5.92 Å². The average molecular weight is 339 g/mol. The van der Waals surface area contributed by atoms with Crippen molar-refractivity contribution in [2.45, 2.75) is 13.3 Å². The van der Waals surface area contributed by atoms with Crippen LogP contribution in [0.4, 0.5) is 5.69 Å². The number of para-hydroxylation sites is 1. The molecule has 0 spiro atoms. The van der Waals surface area contributed by atoms with Crippen molar-refractivity contribution in [1.82, 2.24) is 9.88 Å². The van der Waals surface area contributed by atoms with Crippen molar-refractivity contribution in [1.29, 1.82) is 0 Å². The van der Waals surface area contributed by atoms with E-state index in [9.17, 15) is 4.79 Å². The molecule has 1 unspecified atom stereocenters. The van der Waals surface area contributed by atoms with E-state index in [2.05, 4.69) is 34.1 Å². The summed E-state index contributed by atoms with van der Waals surface area (Å²) < 4.78 is 5.49. The van der Waals surface area contributed by atoms with E-state index in [-0.39, 0.29) is 5.91 Å². The van der Waals surface area contributed by atoms with Crippen LogP contribution < -0.4 is 9.64 Å². The van der Waals surface area contributed by atoms with Crippen LogP contribution in [0.25, 0.3) is 0 Å². The maximum absolute atomic E-state index is 12.8. The van der Waals surface area contributed by atoms with Crippen LogP contribution in [0.15, 0.2) is 48.7 Å². The number of nitrogens with zero attached hydrogens (tertiary/aromatic N) is 3. The Balaban J connectivity index is 1.61. The number of aromatic nitrogens is 1. The summed E-state index contributed by atoms with van der Waals surface area (Å²) in [6.45, 7) is 5.14. The molecule has 2 heterocycles. The highest BCUT2D eigenvalue weighted by Gasteiger charge is 2.26. The molecule has 1 amide bonds. The lowest BCUT2D eigenvalue weighted by Crippen LogP contribution is -2.33. The van der Waals surface area contributed by atoms with Crippen LogP contribution >= 0.6 is 0 Å². The van der Waals surface area contributed by atoms with E-state index in [0.29, 0.717) is 24.0 Å². The fraction of sp³-hybridized carbons (Fsp3) is 0.400. The summed E-state index contributed by atoms with van der Waals surface area (Å²) >= 11 is 0. The van der Waals surface area contributed by atoms with Crippen molar-refractivity contribution in [3.05, 3.63) is 54.2 Å². The van der Waals surface area contributed by atoms with Crippen molar-refractivity contribution in [3.63, 3.8) is 0 Å². The summed E-state index contributed by atoms with van der Waals surface area (Å²) in [5.41, 5.74) is 1.79. The van der Waals surface area contributed by atoms with E-state index in [1.54, 1.807) is 23.2 Å². The smallest absolute Gasteiger partial charge is 0.259 e. The zero-order valence-corrected chi connectivity index (χ0v) is 14.9. The Bertz CT molecular complexity index is 705. The van der Waals surface area contributed by atoms with Crippen molar-refractivity contribution < 1.29 is 9.53 Å². The van der Waals surface area contributed by atoms with Crippen LogP contribution in [0.5, 0.6) is 5.88 Å². The Morgan fingerprint density at radius 3 is 2.84 bits per heavy atom. The van der Waals surface area contributed by atoms with Gasteiger partial charge in [-0.2, -0.15) is 0 Å². The van der Waals surface area contributed by atoms with E-state index < -0.39 is 0 Å². The second-order valence-corrected chi connectivity index (χ2v) is 6.41. The molecule has 5 heteroatoms. The number of amides is 1. The summed E-state index contributed by atoms with van der Waals surface area (Å²) in [5.74, 6) is 0.857. The molecule has 0 bridgehead atoms. The van der Waals surface area contributed by atoms with Gasteiger partial charge >= 0.3 is 0 Å². The third kappa shape index (κ3) is 4.10. The molecule has 1 aromatic heterocycles. The first-order valence-corrected chi connectivity index (χ1v) is 8.82. The quantitative estimate of drug-likeness (QED) is 0.811. The minimum Gasteiger partial charge on any atom is -0.477 e. The number of hydrogen-bond donors (Lipinski definition) is 0. The number of pyridine rings is 1. The molecule has 132 valence electrons. The maximum Gasteiger partial charge on any atom is 0.259 e. The molecule has 1 aliphatic rings. The second-order valence-electron chi connectivity index (χ2n) is 6.41. The fourth-order valence-corrected chi connectivity index (χ4v) is 3.34. The number of benzene rings is 1. The van der Waals surface area contributed by atoms with E-state index in [0.717, 1.165) is 26.1 Å². The highest BCUT2D eigenvalue weighted by molar-refractivity contribution is 5.96. The Hall–Kier alpha value is -2.56. The Kier molecular flexibility index (Phi) is 5.53. The molecule has 0 radical (unpaired) electrons. The lowest BCUT2D eigenvalue weighted by molar-refractivity contribution is 0.0771. The van der Waals surface area contributed by atoms with Gasteiger partial charge in [-0.1, -0.05) is 18.2 Å². The van der Waals surface area contributed by atoms with Crippen LogP contribution in [-0.4, -0.2) is 49.1 Å². The van der Waals surface area contributed by atoms with Gasteiger partial charge in [-0.25, -0.2) is 4.98 Å². The van der Waals surface area contributed by atoms with Crippen molar-refractivity contribution in [2.24, 2.45) is 5.92 Å². The molecular formula is C20H25N3O2. The molecule has 0 aliphatic carbocycles. The van der Waals surface area contributed by atoms with Crippen molar-refractivity contribution >= 4 is 11.6 Å². The van der Waals surface area contributed by atoms with Crippen molar-refractivity contribution in [2.75, 3.05) is 38.2 Å². The van der Waals surface area contributed by atoms with E-state index in [1.165, 1.54) is 5.69 Å². The molecule has 0 saturated carbocycles. The van der Waals surface area contributed by atoms with Gasteiger partial charge in [-0.3, -0.25) is 4.79 Å². The summed E-state index contributed by atoms with van der Waals surface area (Å²) in [5, 5.41) is 0. The number of rotatable bonds is 6. The standard InChI is InChI=1S/C20H25N3O2/c1-3-25-19-18(10-7-12-21-19)20(24)22(2)14-16-11-13-23(15-16)17-8-5-4-6-9-17/h4-10,12,16H,3,11,13-15H2,1-2H3. The monoisotopic (exact) mass is 339 g/mol. The first-order chi connectivity index (χ1) is 12.2. The van der Waals surface area contributed by atoms with Gasteiger partial charge in [0.1, 0.15) is 5.56 Å². The maximum atomic E-state index is 12.8. The molecule has 1 aromatic carbocycles. The third-order valence-electron chi connectivity index (χ3n) is 4.57. The van der Waals surface area contributed by atoms with Gasteiger partial charge in [-0.05, 0) is 43.5 Å². The lowest BCUT2D eigenvalue weighted by Gasteiger charge is -2.23. The molecule has 1 fully saturated rings. The molecule has 3 rings (SSSR count). The summed E-state index contributed by atoms with van der Waals surface area (Å²) in [7, 11) is 1.86. The number of carbonyl (C=O) groups excluding carboxylic acids is 1. The molecule has 1 saturated heterocycles. The zero-order chi connectivity index (χ0) is 17.6. The first-order valence-electron chi connectivity index (χ1n) is 8.82. The Morgan fingerprint density at radius 1 is 1.28 bits per heavy atom. The van der Waals surface area contributed by atoms with Crippen LogP contribution in [0.3, 0.4) is 0 Å². The second kappa shape index (κ2) is 8.01. The minimum atomic E-state index is -0.0327. The van der Waals surface area contributed by atoms with Gasteiger partial charge in [-0.15, -0.1) is 0 Å². The molecule has 1 atom stereocenters. The number of anilines is 1. The SMILES string of the molecule is CCOc1ncccc1C(=O)N(C)CC1CCN(c2ccccc2)C1. The summed E-state index contributed by atoms with van der Waals surface area (Å²) in [6, 6.07) is 14.0. The molecular weight excluding hydrogens is 314 g/mol. The average Bonchev–Trinajstić information content (AvgIpc) is 3.11. The molecule has 0 N–H and O–H groups in total. The van der Waals surface area contributed by atoms with Gasteiger partial charge in [0, 0.05) is 38.6 Å². The highest BCUT2D eigenvalue weighted by Crippen LogP contribution is 2.25. The van der Waals surface area contributed by atoms with Crippen molar-refractivity contribution in [3.8, 4) is 5.88 Å². The van der Waals surface area contributed by atoms with Gasteiger partial charge in [0.2, 0.25) is 5.88 Å². The number of ether oxygens (including phenoxy) is 1. The topological polar surface area (TPSA) is 45.7 Å². The summed E-state index contributed by atoms with van der Waals surface area (Å²) in [6.07, 6.45) is 2.74. The predicted molar refractivity (Wildman–Crippen MR) is 99.1 cm³/mol. The molecule has 2 aromatic rings. The van der Waals surface area contributed by atoms with Gasteiger partial charge in [0.25, 0.3) is 5.91 Å². The van der Waals surface area contributed by atoms with Crippen LogP contribution in [0.1, 0.15) is 23.7 Å². The first kappa shape index (κ1) is 17.3. The van der Waals surface area contributed by atoms with E-state index in [4.69, 9.17) is 4.74 Å². The molecule has 25 heavy (non-hydrogen) atoms. The predicted octanol–water partition coefficient (Wildman–Crippen LogP) is 3.08. The summed E-state index contributed by atoms with van der Waals surface area (Å²) in [4.78, 5) is 21.1. The third-order valence-corrected chi connectivity index (χ3v) is 4.57. The highest BCUT2D eigenvalue weighted by atomic mass is 16.5. The van der Waals surface area contributed by atoms with E-state index >= 15 is 0 Å². The number of carbonyl (C=O) groups is 1. The fourth-order valence-electron chi connectivity index (χ4n) is 3.34. The van der Waals surface area contributed by atoms with Gasteiger partial charge in [0.05, 0.1) is 6.61 Å². The zero-order valence-electron chi connectivity index (χ0n) is 14.9. The van der Waals surface area contributed by atoms with Gasteiger partial charge in [0.15, 0.2) is 0 Å². The van der Waals surface area contributed by atoms with Crippen LogP contribution in [-0.2, 0) is 0 Å². The Morgan fingerprint density at radius 2 is 2.08 bits per heavy atom. The largest absolute Gasteiger partial charge is 0.477 e. The number of hydrogen-bond acceptors (Lipinski definition) is 4. The normalized spacial score (nSPS) is 16.7. The molecule has 5 nitrogen and oxygen atoms in total. The lowest BCUT2D eigenvalue weighted by atomic mass is 10.1.